The first kappa shape index (κ1) is 34.0. The van der Waals surface area contributed by atoms with Gasteiger partial charge in [-0.05, 0) is 62.7 Å². The summed E-state index contributed by atoms with van der Waals surface area (Å²) >= 11 is 7.15. The number of unbranched alkanes of at least 4 members (excludes halogenated alkanes) is 1. The molecule has 0 aliphatic carbocycles. The molecule has 2 atom stereocenters. The molecule has 0 bridgehead atoms. The molecule has 0 saturated carbocycles. The van der Waals surface area contributed by atoms with E-state index in [4.69, 9.17) is 26.8 Å². The van der Waals surface area contributed by atoms with Crippen LogP contribution >= 0.6 is 22.9 Å². The second-order valence-corrected chi connectivity index (χ2v) is 13.0. The van der Waals surface area contributed by atoms with Gasteiger partial charge in [-0.2, -0.15) is 0 Å². The van der Waals surface area contributed by atoms with Gasteiger partial charge in [0.1, 0.15) is 19.0 Å². The lowest BCUT2D eigenvalue weighted by molar-refractivity contribution is -0.129. The second kappa shape index (κ2) is 15.5. The van der Waals surface area contributed by atoms with Crippen molar-refractivity contribution < 1.29 is 33.4 Å². The van der Waals surface area contributed by atoms with Crippen molar-refractivity contribution in [3.05, 3.63) is 63.8 Å². The summed E-state index contributed by atoms with van der Waals surface area (Å²) in [5, 5.41) is 3.37. The number of cyclic esters (lactones) is 1. The molecule has 2 fully saturated rings. The van der Waals surface area contributed by atoms with Crippen molar-refractivity contribution in [3.8, 4) is 0 Å². The number of hydrogen-bond acceptors (Lipinski definition) is 10. The first-order chi connectivity index (χ1) is 22.6. The molecule has 2 aliphatic rings. The molecule has 2 aliphatic heterocycles. The molecule has 250 valence electrons. The number of ether oxygens (including phenoxy) is 2. The monoisotopic (exact) mass is 685 g/mol. The Kier molecular flexibility index (Phi) is 11.2. The van der Waals surface area contributed by atoms with Gasteiger partial charge in [0, 0.05) is 43.0 Å². The van der Waals surface area contributed by atoms with E-state index in [2.05, 4.69) is 10.3 Å². The van der Waals surface area contributed by atoms with Crippen LogP contribution in [0.15, 0.2) is 48.9 Å². The molecule has 0 unspecified atom stereocenters. The number of benzene rings is 1. The summed E-state index contributed by atoms with van der Waals surface area (Å²) < 4.78 is 12.4. The Morgan fingerprint density at radius 3 is 2.53 bits per heavy atom. The van der Waals surface area contributed by atoms with Crippen molar-refractivity contribution in [2.24, 2.45) is 5.73 Å². The fourth-order valence-corrected chi connectivity index (χ4v) is 6.35. The van der Waals surface area contributed by atoms with Crippen LogP contribution in [0.2, 0.25) is 4.34 Å². The predicted molar refractivity (Wildman–Crippen MR) is 175 cm³/mol. The van der Waals surface area contributed by atoms with Crippen LogP contribution in [0.4, 0.5) is 21.0 Å². The molecule has 0 spiro atoms. The van der Waals surface area contributed by atoms with E-state index in [0.717, 1.165) is 21.9 Å². The Morgan fingerprint density at radius 1 is 1.13 bits per heavy atom. The summed E-state index contributed by atoms with van der Waals surface area (Å²) in [5.41, 5.74) is 7.25. The van der Waals surface area contributed by atoms with E-state index in [1.54, 1.807) is 47.5 Å². The summed E-state index contributed by atoms with van der Waals surface area (Å²) in [6.07, 6.45) is 3.56. The number of primary amides is 1. The van der Waals surface area contributed by atoms with Gasteiger partial charge in [-0.1, -0.05) is 11.6 Å². The molecule has 1 aromatic carbocycles. The van der Waals surface area contributed by atoms with Gasteiger partial charge >= 0.3 is 12.1 Å². The van der Waals surface area contributed by atoms with Crippen LogP contribution in [-0.4, -0.2) is 95.8 Å². The van der Waals surface area contributed by atoms with E-state index >= 15 is 0 Å². The number of nitrogens with two attached hydrogens (primary N) is 1. The topological polar surface area (TPSA) is 169 Å². The first-order valence-corrected chi connectivity index (χ1v) is 16.4. The Bertz CT molecular complexity index is 1610. The molecular weight excluding hydrogens is 650 g/mol. The molecule has 5 amide bonds. The van der Waals surface area contributed by atoms with E-state index in [0.29, 0.717) is 59.5 Å². The molecule has 2 saturated heterocycles. The zero-order chi connectivity index (χ0) is 33.5. The number of anilines is 2. The van der Waals surface area contributed by atoms with Gasteiger partial charge in [0.05, 0.1) is 34.6 Å². The fraction of sp³-hybridized carbons (Fsp3) is 0.419. The number of morpholine rings is 1. The number of aromatic nitrogens is 2. The molecule has 14 nitrogen and oxygen atoms in total. The Morgan fingerprint density at radius 2 is 1.87 bits per heavy atom. The van der Waals surface area contributed by atoms with Gasteiger partial charge in [0.25, 0.3) is 11.8 Å². The minimum atomic E-state index is -0.744. The number of rotatable bonds is 13. The molecular formula is C31H36ClN7O7S. The standard InChI is InChI=1S/C31H36ClN7O7S/c1-20(14-21-15-36(19-35-21)30(33)43)34-11-3-2-4-27(40)39(29(42)25-9-10-26(32)47-25)17-24-16-38(31(44)46-24)23-7-5-22(6-8-23)37-12-13-45-18-28(37)41/h5-10,15,19-20,24,34H,2-4,11-14,16-18H2,1H3,(H2,33,43)/t20-,24-/m1/s1. The van der Waals surface area contributed by atoms with Crippen molar-refractivity contribution in [2.45, 2.75) is 44.8 Å². The third kappa shape index (κ3) is 8.74. The molecule has 2 aromatic heterocycles. The lowest BCUT2D eigenvalue weighted by Crippen LogP contribution is -2.43. The lowest BCUT2D eigenvalue weighted by atomic mass is 10.1. The van der Waals surface area contributed by atoms with Crippen molar-refractivity contribution in [2.75, 3.05) is 49.2 Å². The van der Waals surface area contributed by atoms with Crippen LogP contribution in [0, 0.1) is 0 Å². The normalized spacial score (nSPS) is 17.1. The average molecular weight is 686 g/mol. The minimum absolute atomic E-state index is 0.0257. The van der Waals surface area contributed by atoms with Gasteiger partial charge in [0.15, 0.2) is 0 Å². The van der Waals surface area contributed by atoms with E-state index in [1.807, 2.05) is 6.92 Å². The maximum absolute atomic E-state index is 13.4. The summed E-state index contributed by atoms with van der Waals surface area (Å²) in [6, 6.07) is 9.61. The average Bonchev–Trinajstić information content (AvgIpc) is 3.80. The number of imidazole rings is 1. The van der Waals surface area contributed by atoms with Gasteiger partial charge in [-0.3, -0.25) is 28.8 Å². The summed E-state index contributed by atoms with van der Waals surface area (Å²) in [6.45, 7) is 3.57. The van der Waals surface area contributed by atoms with Crippen molar-refractivity contribution in [1.82, 2.24) is 19.8 Å². The molecule has 47 heavy (non-hydrogen) atoms. The SMILES string of the molecule is C[C@H](Cc1cn(C(N)=O)cn1)NCCCCC(=O)N(C[C@H]1CN(c2ccc(N3CCOCC3=O)cc2)C(=O)O1)C(=O)c1ccc(Cl)s1. The largest absolute Gasteiger partial charge is 0.442 e. The van der Waals surface area contributed by atoms with Crippen molar-refractivity contribution in [3.63, 3.8) is 0 Å². The highest BCUT2D eigenvalue weighted by atomic mass is 35.5. The molecule has 0 radical (unpaired) electrons. The molecule has 4 heterocycles. The summed E-state index contributed by atoms with van der Waals surface area (Å²) in [5.74, 6) is -1.01. The van der Waals surface area contributed by atoms with E-state index in [-0.39, 0.29) is 44.0 Å². The maximum Gasteiger partial charge on any atom is 0.414 e. The quantitative estimate of drug-likeness (QED) is 0.257. The van der Waals surface area contributed by atoms with Gasteiger partial charge in [-0.15, -0.1) is 11.3 Å². The number of nitrogens with one attached hydrogen (secondary N) is 1. The number of carbonyl (C=O) groups is 5. The van der Waals surface area contributed by atoms with Crippen molar-refractivity contribution in [1.29, 1.82) is 0 Å². The van der Waals surface area contributed by atoms with Crippen LogP contribution in [-0.2, 0) is 25.5 Å². The number of halogens is 1. The molecule has 16 heteroatoms. The third-order valence-electron chi connectivity index (χ3n) is 7.77. The highest BCUT2D eigenvalue weighted by molar-refractivity contribution is 7.18. The van der Waals surface area contributed by atoms with Crippen LogP contribution in [0.3, 0.4) is 0 Å². The highest BCUT2D eigenvalue weighted by Gasteiger charge is 2.36. The zero-order valence-electron chi connectivity index (χ0n) is 25.8. The van der Waals surface area contributed by atoms with Crippen LogP contribution in [0.25, 0.3) is 0 Å². The Balaban J connectivity index is 1.15. The Labute approximate surface area is 280 Å². The van der Waals surface area contributed by atoms with Gasteiger partial charge < -0.3 is 25.4 Å². The van der Waals surface area contributed by atoms with Crippen molar-refractivity contribution >= 4 is 64.2 Å². The highest BCUT2D eigenvalue weighted by Crippen LogP contribution is 2.27. The molecule has 3 aromatic rings. The number of hydrogen-bond donors (Lipinski definition) is 2. The third-order valence-corrected chi connectivity index (χ3v) is 8.98. The second-order valence-electron chi connectivity index (χ2n) is 11.3. The van der Waals surface area contributed by atoms with Crippen LogP contribution < -0.4 is 20.9 Å². The summed E-state index contributed by atoms with van der Waals surface area (Å²) in [7, 11) is 0. The van der Waals surface area contributed by atoms with Crippen LogP contribution in [0.1, 0.15) is 41.6 Å². The number of nitrogens with zero attached hydrogens (tertiary/aromatic N) is 5. The van der Waals surface area contributed by atoms with E-state index in [9.17, 15) is 24.0 Å². The summed E-state index contributed by atoms with van der Waals surface area (Å²) in [4.78, 5) is 71.8. The maximum atomic E-state index is 13.4. The predicted octanol–water partition coefficient (Wildman–Crippen LogP) is 3.27. The minimum Gasteiger partial charge on any atom is -0.442 e. The molecule has 5 rings (SSSR count). The number of carbonyl (C=O) groups excluding carboxylic acids is 5. The van der Waals surface area contributed by atoms with Gasteiger partial charge in [0.2, 0.25) is 5.91 Å². The van der Waals surface area contributed by atoms with Gasteiger partial charge in [-0.25, -0.2) is 14.6 Å². The van der Waals surface area contributed by atoms with Crippen LogP contribution in [0.5, 0.6) is 0 Å². The molecule has 3 N–H and O–H groups in total. The first-order valence-electron chi connectivity index (χ1n) is 15.2. The lowest BCUT2D eigenvalue weighted by Gasteiger charge is -2.27. The number of imide groups is 1. The Hall–Kier alpha value is -4.31. The number of amides is 5. The zero-order valence-corrected chi connectivity index (χ0v) is 27.4. The fourth-order valence-electron chi connectivity index (χ4n) is 5.35. The van der Waals surface area contributed by atoms with E-state index in [1.165, 1.54) is 15.8 Å². The smallest absolute Gasteiger partial charge is 0.414 e. The van der Waals surface area contributed by atoms with E-state index < -0.39 is 24.1 Å². The number of thiophene rings is 1.